The number of nitrogens with zero attached hydrogens (tertiary/aromatic N) is 1. The van der Waals surface area contributed by atoms with E-state index in [9.17, 15) is 18.0 Å². The third-order valence-electron chi connectivity index (χ3n) is 5.36. The van der Waals surface area contributed by atoms with Gasteiger partial charge in [0, 0.05) is 18.8 Å². The van der Waals surface area contributed by atoms with Crippen molar-refractivity contribution >= 4 is 23.7 Å². The highest BCUT2D eigenvalue weighted by Gasteiger charge is 2.37. The van der Waals surface area contributed by atoms with Gasteiger partial charge in [-0.05, 0) is 72.7 Å². The summed E-state index contributed by atoms with van der Waals surface area (Å²) in [4.78, 5) is 13.7. The summed E-state index contributed by atoms with van der Waals surface area (Å²) in [6.07, 6.45) is 2.24. The fourth-order valence-corrected chi connectivity index (χ4v) is 5.12. The number of carbonyl (C=O) groups is 1. The molecule has 1 saturated heterocycles. The van der Waals surface area contributed by atoms with Gasteiger partial charge in [-0.25, -0.2) is 4.79 Å². The first kappa shape index (κ1) is 18.0. The van der Waals surface area contributed by atoms with E-state index in [4.69, 9.17) is 0 Å². The van der Waals surface area contributed by atoms with Crippen molar-refractivity contribution < 1.29 is 18.0 Å². The molecule has 0 bridgehead atoms. The molecule has 3 aliphatic rings. The van der Waals surface area contributed by atoms with Crippen molar-refractivity contribution in [3.8, 4) is 0 Å². The van der Waals surface area contributed by atoms with Gasteiger partial charge in [0.1, 0.15) is 0 Å². The second-order valence-corrected chi connectivity index (χ2v) is 8.45. The van der Waals surface area contributed by atoms with E-state index in [2.05, 4.69) is 16.1 Å². The lowest BCUT2D eigenvalue weighted by atomic mass is 9.99. The molecule has 2 N–H and O–H groups in total. The largest absolute Gasteiger partial charge is 0.401 e. The Balaban J connectivity index is 1.31. The number of hydrogen-bond acceptors (Lipinski definition) is 3. The summed E-state index contributed by atoms with van der Waals surface area (Å²) in [5.74, 6) is 0. The highest BCUT2D eigenvalue weighted by Crippen LogP contribution is 2.38. The zero-order valence-electron chi connectivity index (χ0n) is 14.4. The molecule has 0 aromatic heterocycles. The Hall–Kier alpha value is -1.41. The maximum atomic E-state index is 12.3. The molecule has 26 heavy (non-hydrogen) atoms. The van der Waals surface area contributed by atoms with Crippen LogP contribution in [0.5, 0.6) is 0 Å². The highest BCUT2D eigenvalue weighted by molar-refractivity contribution is 7.98. The molecule has 4 nitrogen and oxygen atoms in total. The van der Waals surface area contributed by atoms with Crippen LogP contribution < -0.4 is 10.0 Å². The predicted molar refractivity (Wildman–Crippen MR) is 96.5 cm³/mol. The molecule has 1 aromatic rings. The SMILES string of the molecule is O=C(NSC1CN(CC(F)(F)F)C1)Nc1c2c(cc3c1CCC3)CCC2. The van der Waals surface area contributed by atoms with Gasteiger partial charge >= 0.3 is 12.2 Å². The minimum absolute atomic E-state index is 0.00954. The van der Waals surface area contributed by atoms with Crippen LogP contribution in [0.25, 0.3) is 0 Å². The second-order valence-electron chi connectivity index (χ2n) is 7.34. The van der Waals surface area contributed by atoms with Crippen molar-refractivity contribution in [3.63, 3.8) is 0 Å². The van der Waals surface area contributed by atoms with E-state index in [-0.39, 0.29) is 11.3 Å². The minimum atomic E-state index is -4.16. The molecule has 0 atom stereocenters. The van der Waals surface area contributed by atoms with E-state index in [1.807, 2.05) is 0 Å². The second kappa shape index (κ2) is 6.96. The summed E-state index contributed by atoms with van der Waals surface area (Å²) in [5.41, 5.74) is 6.24. The van der Waals surface area contributed by atoms with Crippen LogP contribution in [-0.2, 0) is 25.7 Å². The van der Waals surface area contributed by atoms with E-state index in [0.717, 1.165) is 44.2 Å². The Morgan fingerprint density at radius 1 is 1.12 bits per heavy atom. The summed E-state index contributed by atoms with van der Waals surface area (Å²) in [7, 11) is 0. The zero-order valence-corrected chi connectivity index (χ0v) is 15.2. The number of nitrogens with one attached hydrogen (secondary N) is 2. The van der Waals surface area contributed by atoms with Crippen LogP contribution in [0, 0.1) is 0 Å². The van der Waals surface area contributed by atoms with Crippen LogP contribution in [0.4, 0.5) is 23.7 Å². The van der Waals surface area contributed by atoms with E-state index >= 15 is 0 Å². The summed E-state index contributed by atoms with van der Waals surface area (Å²) < 4.78 is 39.7. The lowest BCUT2D eigenvalue weighted by Gasteiger charge is -2.38. The normalized spacial score (nSPS) is 19.8. The molecule has 0 saturated carbocycles. The summed E-state index contributed by atoms with van der Waals surface area (Å²) in [6, 6.07) is 2.03. The van der Waals surface area contributed by atoms with Crippen molar-refractivity contribution in [2.45, 2.75) is 50.0 Å². The first-order valence-electron chi connectivity index (χ1n) is 9.07. The molecule has 0 unspecified atom stereocenters. The van der Waals surface area contributed by atoms with Gasteiger partial charge in [0.15, 0.2) is 0 Å². The molecule has 1 aliphatic heterocycles. The smallest absolute Gasteiger partial charge is 0.307 e. The van der Waals surface area contributed by atoms with Crippen molar-refractivity contribution in [1.82, 2.24) is 9.62 Å². The molecule has 0 radical (unpaired) electrons. The fourth-order valence-electron chi connectivity index (χ4n) is 4.22. The molecule has 1 fully saturated rings. The number of likely N-dealkylation sites (tertiary alicyclic amines) is 1. The molecule has 0 spiro atoms. The molecule has 1 aromatic carbocycles. The molecule has 8 heteroatoms. The van der Waals surface area contributed by atoms with Crippen molar-refractivity contribution in [1.29, 1.82) is 0 Å². The van der Waals surface area contributed by atoms with Crippen LogP contribution in [0.1, 0.15) is 35.1 Å². The molecular formula is C18H22F3N3OS. The fraction of sp³-hybridized carbons (Fsp3) is 0.611. The van der Waals surface area contributed by atoms with Gasteiger partial charge in [0.2, 0.25) is 0 Å². The number of urea groups is 1. The average Bonchev–Trinajstić information content (AvgIpc) is 3.16. The van der Waals surface area contributed by atoms with Crippen molar-refractivity contribution in [2.24, 2.45) is 0 Å². The van der Waals surface area contributed by atoms with Gasteiger partial charge in [-0.3, -0.25) is 9.62 Å². The van der Waals surface area contributed by atoms with Gasteiger partial charge in [0.25, 0.3) is 0 Å². The quantitative estimate of drug-likeness (QED) is 0.777. The van der Waals surface area contributed by atoms with E-state index in [1.165, 1.54) is 39.1 Å². The predicted octanol–water partition coefficient (Wildman–Crippen LogP) is 3.68. The number of benzene rings is 1. The first-order chi connectivity index (χ1) is 12.4. The summed E-state index contributed by atoms with van der Waals surface area (Å²) in [5, 5.41) is 3.04. The number of fused-ring (bicyclic) bond motifs is 2. The van der Waals surface area contributed by atoms with E-state index < -0.39 is 12.7 Å². The van der Waals surface area contributed by atoms with Crippen LogP contribution in [0.15, 0.2) is 6.07 Å². The first-order valence-corrected chi connectivity index (χ1v) is 9.95. The molecular weight excluding hydrogens is 363 g/mol. The number of halogens is 3. The molecule has 4 rings (SSSR count). The zero-order chi connectivity index (χ0) is 18.3. The Labute approximate surface area is 155 Å². The summed E-state index contributed by atoms with van der Waals surface area (Å²) in [6.45, 7) is -0.181. The molecule has 2 amide bonds. The van der Waals surface area contributed by atoms with Gasteiger partial charge in [-0.2, -0.15) is 13.2 Å². The number of aryl methyl sites for hydroxylation is 2. The number of carbonyl (C=O) groups excluding carboxylic acids is 1. The maximum Gasteiger partial charge on any atom is 0.401 e. The third-order valence-corrected chi connectivity index (χ3v) is 6.29. The number of anilines is 1. The van der Waals surface area contributed by atoms with Crippen LogP contribution >= 0.6 is 11.9 Å². The topological polar surface area (TPSA) is 44.4 Å². The number of rotatable bonds is 4. The van der Waals surface area contributed by atoms with Gasteiger partial charge < -0.3 is 5.32 Å². The van der Waals surface area contributed by atoms with E-state index in [1.54, 1.807) is 0 Å². The lowest BCUT2D eigenvalue weighted by Crippen LogP contribution is -2.53. The Morgan fingerprint density at radius 2 is 1.73 bits per heavy atom. The van der Waals surface area contributed by atoms with Crippen LogP contribution in [0.3, 0.4) is 0 Å². The highest BCUT2D eigenvalue weighted by atomic mass is 32.2. The van der Waals surface area contributed by atoms with E-state index in [0.29, 0.717) is 13.1 Å². The van der Waals surface area contributed by atoms with Gasteiger partial charge in [0.05, 0.1) is 11.8 Å². The molecule has 142 valence electrons. The molecule has 2 aliphatic carbocycles. The summed E-state index contributed by atoms with van der Waals surface area (Å²) >= 11 is 1.22. The minimum Gasteiger partial charge on any atom is -0.307 e. The standard InChI is InChI=1S/C18H22F3N3OS/c19-18(20,21)10-24-8-13(9-24)26-23-17(25)22-16-14-5-1-3-11(14)7-12-4-2-6-15(12)16/h7,13H,1-6,8-10H2,(H2,22,23,25). The number of hydrogen-bond donors (Lipinski definition) is 2. The number of amides is 2. The van der Waals surface area contributed by atoms with Crippen LogP contribution in [0.2, 0.25) is 0 Å². The Bertz CT molecular complexity index is 684. The Kier molecular flexibility index (Phi) is 4.81. The van der Waals surface area contributed by atoms with Crippen molar-refractivity contribution in [3.05, 3.63) is 28.3 Å². The monoisotopic (exact) mass is 385 g/mol. The van der Waals surface area contributed by atoms with Crippen LogP contribution in [-0.4, -0.2) is 42.0 Å². The average molecular weight is 385 g/mol. The van der Waals surface area contributed by atoms with Gasteiger partial charge in [-0.15, -0.1) is 0 Å². The maximum absolute atomic E-state index is 12.3. The molecule has 1 heterocycles. The number of alkyl halides is 3. The third kappa shape index (κ3) is 3.81. The Morgan fingerprint density at radius 3 is 2.31 bits per heavy atom. The lowest BCUT2D eigenvalue weighted by molar-refractivity contribution is -0.152. The van der Waals surface area contributed by atoms with Gasteiger partial charge in [-0.1, -0.05) is 6.07 Å². The van der Waals surface area contributed by atoms with Crippen molar-refractivity contribution in [2.75, 3.05) is 25.0 Å².